The van der Waals surface area contributed by atoms with Crippen molar-refractivity contribution in [2.45, 2.75) is 0 Å². The zero-order chi connectivity index (χ0) is 0. The van der Waals surface area contributed by atoms with E-state index in [1.54, 1.807) is 0 Å². The SMILES string of the molecule is P.[Ca+2].[H-].[H-].[H-].[H-].[Mg+2].[SiH4]. The Morgan fingerprint density at radius 3 is 1.25 bits per heavy atom. The molecule has 0 amide bonds. The van der Waals surface area contributed by atoms with Crippen LogP contribution in [0.15, 0.2) is 0 Å². The fourth-order valence-electron chi connectivity index (χ4n) is 0. The summed E-state index contributed by atoms with van der Waals surface area (Å²) in [6.45, 7) is 0. The Kier molecular flexibility index (Phi) is 130. The minimum atomic E-state index is 0. The van der Waals surface area contributed by atoms with Gasteiger partial charge in [-0.3, -0.25) is 0 Å². The van der Waals surface area contributed by atoms with Crippen LogP contribution in [0.2, 0.25) is 0 Å². The molecular weight excluding hydrogens is 123 g/mol. The largest absolute Gasteiger partial charge is 2.00 e. The van der Waals surface area contributed by atoms with Crippen LogP contribution in [-0.4, -0.2) is 71.8 Å². The fraction of sp³-hybridized carbons (Fsp3) is 0. The summed E-state index contributed by atoms with van der Waals surface area (Å²) in [7, 11) is 0. The monoisotopic (exact) mass is 134 g/mol. The molecule has 0 N–H and O–H groups in total. The van der Waals surface area contributed by atoms with Crippen molar-refractivity contribution in [3.8, 4) is 0 Å². The molecule has 0 aromatic carbocycles. The van der Waals surface area contributed by atoms with Gasteiger partial charge < -0.3 is 5.71 Å². The summed E-state index contributed by atoms with van der Waals surface area (Å²) < 4.78 is 0. The third-order valence-electron chi connectivity index (χ3n) is 0. The summed E-state index contributed by atoms with van der Waals surface area (Å²) >= 11 is 0. The summed E-state index contributed by atoms with van der Waals surface area (Å²) in [4.78, 5) is 0. The Bertz CT molecular complexity index is 16.0. The number of hydrogen-bond acceptors (Lipinski definition) is 0. The van der Waals surface area contributed by atoms with E-state index in [0.717, 1.165) is 0 Å². The van der Waals surface area contributed by atoms with Crippen LogP contribution in [0.3, 0.4) is 0 Å². The van der Waals surface area contributed by atoms with E-state index in [2.05, 4.69) is 0 Å². The maximum absolute atomic E-state index is 0. The van der Waals surface area contributed by atoms with Crippen LogP contribution in [0, 0.1) is 0 Å². The first-order valence-corrected chi connectivity index (χ1v) is 0. The molecule has 4 heteroatoms. The van der Waals surface area contributed by atoms with Crippen molar-refractivity contribution in [3.05, 3.63) is 0 Å². The normalized spacial score (nSPS) is 0. The fourth-order valence-corrected chi connectivity index (χ4v) is 0. The van der Waals surface area contributed by atoms with Gasteiger partial charge in [0.25, 0.3) is 0 Å². The smallest absolute Gasteiger partial charge is 1.00 e. The van der Waals surface area contributed by atoms with Gasteiger partial charge in [0.2, 0.25) is 0 Å². The van der Waals surface area contributed by atoms with Gasteiger partial charge in [0.05, 0.1) is 0 Å². The van der Waals surface area contributed by atoms with Crippen LogP contribution in [-0.2, 0) is 0 Å². The van der Waals surface area contributed by atoms with Crippen LogP contribution in [0.5, 0.6) is 0 Å². The molecule has 0 fully saturated rings. The second-order valence-electron chi connectivity index (χ2n) is 0. The van der Waals surface area contributed by atoms with E-state index >= 15 is 0 Å². The van der Waals surface area contributed by atoms with E-state index < -0.39 is 0 Å². The molecule has 4 heavy (non-hydrogen) atoms. The van der Waals surface area contributed by atoms with Crippen LogP contribution in [0.4, 0.5) is 0 Å². The Hall–Kier alpha value is 2.67. The van der Waals surface area contributed by atoms with Crippen molar-refractivity contribution in [1.82, 2.24) is 0 Å². The van der Waals surface area contributed by atoms with Gasteiger partial charge in [-0.1, -0.05) is 0 Å². The first-order chi connectivity index (χ1) is 0. The summed E-state index contributed by atoms with van der Waals surface area (Å²) in [5, 5.41) is 0. The van der Waals surface area contributed by atoms with Crippen molar-refractivity contribution in [3.63, 3.8) is 0 Å². The molecular formula is H11CaMgPSi. The quantitative estimate of drug-likeness (QED) is 0.274. The predicted octanol–water partition coefficient (Wildman–Crippen LogP) is -1.71. The van der Waals surface area contributed by atoms with Crippen molar-refractivity contribution in [1.29, 1.82) is 0 Å². The van der Waals surface area contributed by atoms with Gasteiger partial charge in [0, 0.05) is 0 Å². The van der Waals surface area contributed by atoms with Crippen molar-refractivity contribution < 1.29 is 5.71 Å². The Morgan fingerprint density at radius 2 is 1.25 bits per heavy atom. The van der Waals surface area contributed by atoms with Gasteiger partial charge in [-0.05, 0) is 11.0 Å². The third-order valence-corrected chi connectivity index (χ3v) is 0. The molecule has 0 aliphatic rings. The minimum Gasteiger partial charge on any atom is -1.00 e. The van der Waals surface area contributed by atoms with Crippen molar-refractivity contribution >= 4 is 81.7 Å². The first-order valence-electron chi connectivity index (χ1n) is 0. The molecule has 0 radical (unpaired) electrons. The van der Waals surface area contributed by atoms with Gasteiger partial charge >= 0.3 is 60.8 Å². The second kappa shape index (κ2) is 17.3. The molecule has 0 heterocycles. The molecule has 0 aromatic heterocycles. The molecule has 0 aliphatic heterocycles. The summed E-state index contributed by atoms with van der Waals surface area (Å²) in [6, 6.07) is 0. The number of rotatable bonds is 0. The Morgan fingerprint density at radius 1 is 1.25 bits per heavy atom. The standard InChI is InChI=1S/Ca.Mg.H3P.H4Si.4H/h;;1H3;1H4;;;;/q2*+2;;;4*-1. The van der Waals surface area contributed by atoms with E-state index in [1.807, 2.05) is 0 Å². The van der Waals surface area contributed by atoms with Gasteiger partial charge in [0.15, 0.2) is 0 Å². The molecule has 1 atom stereocenters. The van der Waals surface area contributed by atoms with E-state index in [1.165, 1.54) is 0 Å². The van der Waals surface area contributed by atoms with E-state index in [4.69, 9.17) is 0 Å². The molecule has 0 saturated heterocycles. The zero-order valence-electron chi connectivity index (χ0n) is 6.12. The molecule has 0 spiro atoms. The minimum absolute atomic E-state index is 0. The molecule has 0 rings (SSSR count). The Labute approximate surface area is 86.2 Å². The second-order valence-corrected chi connectivity index (χ2v) is 0. The molecule has 1 unspecified atom stereocenters. The van der Waals surface area contributed by atoms with Crippen LogP contribution >= 0.6 is 9.90 Å². The topological polar surface area (TPSA) is 0 Å². The van der Waals surface area contributed by atoms with E-state index in [9.17, 15) is 0 Å². The molecule has 24 valence electrons. The average molecular weight is 135 g/mol. The first kappa shape index (κ1) is 30.1. The van der Waals surface area contributed by atoms with Crippen molar-refractivity contribution in [2.24, 2.45) is 0 Å². The van der Waals surface area contributed by atoms with Gasteiger partial charge in [0.1, 0.15) is 0 Å². The molecule has 0 aliphatic carbocycles. The van der Waals surface area contributed by atoms with E-state index in [-0.39, 0.29) is 87.4 Å². The molecule has 0 bridgehead atoms. The third kappa shape index (κ3) is 8.82. The zero-order valence-corrected chi connectivity index (χ0v) is 7.16. The summed E-state index contributed by atoms with van der Waals surface area (Å²) in [6.07, 6.45) is 0. The average Bonchev–Trinajstić information content (AvgIpc) is 0. The van der Waals surface area contributed by atoms with Gasteiger partial charge in [-0.2, -0.15) is 9.90 Å². The molecule has 0 nitrogen and oxygen atoms in total. The van der Waals surface area contributed by atoms with Gasteiger partial charge in [-0.25, -0.2) is 0 Å². The Balaban J connectivity index is 0. The van der Waals surface area contributed by atoms with Crippen LogP contribution in [0.25, 0.3) is 0 Å². The van der Waals surface area contributed by atoms with Gasteiger partial charge in [-0.15, -0.1) is 0 Å². The predicted molar refractivity (Wildman–Crippen MR) is 38.4 cm³/mol. The number of hydrogen-bond donors (Lipinski definition) is 0. The maximum atomic E-state index is 0. The van der Waals surface area contributed by atoms with Crippen molar-refractivity contribution in [2.75, 3.05) is 0 Å². The summed E-state index contributed by atoms with van der Waals surface area (Å²) in [5.41, 5.74) is 0. The van der Waals surface area contributed by atoms with Crippen LogP contribution in [0.1, 0.15) is 5.71 Å². The van der Waals surface area contributed by atoms with E-state index in [0.29, 0.717) is 0 Å². The maximum Gasteiger partial charge on any atom is 2.00 e. The van der Waals surface area contributed by atoms with Crippen LogP contribution < -0.4 is 0 Å². The molecule has 0 saturated carbocycles. The molecule has 0 aromatic rings. The summed E-state index contributed by atoms with van der Waals surface area (Å²) in [5.74, 6) is 0.